The van der Waals surface area contributed by atoms with Crippen molar-refractivity contribution in [2.45, 2.75) is 45.2 Å². The summed E-state index contributed by atoms with van der Waals surface area (Å²) in [6.07, 6.45) is 8.01. The lowest BCUT2D eigenvalue weighted by atomic mass is 10.2. The summed E-state index contributed by atoms with van der Waals surface area (Å²) in [4.78, 5) is 26.0. The molecular weight excluding hydrogens is 392 g/mol. The number of carbonyl (C=O) groups excluding carboxylic acids is 1. The highest BCUT2D eigenvalue weighted by Crippen LogP contribution is 2.24. The predicted octanol–water partition coefficient (Wildman–Crippen LogP) is 2.74. The fourth-order valence-electron chi connectivity index (χ4n) is 4.31. The van der Waals surface area contributed by atoms with E-state index in [9.17, 15) is 9.59 Å². The Morgan fingerprint density at radius 1 is 1.06 bits per heavy atom. The second-order valence-corrected chi connectivity index (χ2v) is 7.98. The van der Waals surface area contributed by atoms with Gasteiger partial charge in [-0.2, -0.15) is 10.2 Å². The zero-order valence-electron chi connectivity index (χ0n) is 17.4. The molecule has 1 amide bonds. The monoisotopic (exact) mass is 416 g/mol. The molecule has 1 fully saturated rings. The van der Waals surface area contributed by atoms with Crippen LogP contribution >= 0.6 is 0 Å². The van der Waals surface area contributed by atoms with Gasteiger partial charge in [0, 0.05) is 18.4 Å². The van der Waals surface area contributed by atoms with E-state index in [1.54, 1.807) is 4.68 Å². The highest BCUT2D eigenvalue weighted by molar-refractivity contribution is 5.88. The zero-order valence-corrected chi connectivity index (χ0v) is 17.4. The number of amides is 1. The van der Waals surface area contributed by atoms with Crippen molar-refractivity contribution in [3.63, 3.8) is 0 Å². The van der Waals surface area contributed by atoms with Crippen molar-refractivity contribution in [1.29, 1.82) is 0 Å². The zero-order chi connectivity index (χ0) is 21.4. The average molecular weight is 416 g/mol. The molecule has 3 aromatic heterocycles. The summed E-state index contributed by atoms with van der Waals surface area (Å²) >= 11 is 0. The van der Waals surface area contributed by atoms with Gasteiger partial charge in [-0.3, -0.25) is 9.59 Å². The van der Waals surface area contributed by atoms with Crippen molar-refractivity contribution < 1.29 is 4.79 Å². The van der Waals surface area contributed by atoms with Gasteiger partial charge in [-0.05, 0) is 44.0 Å². The van der Waals surface area contributed by atoms with Crippen LogP contribution in [-0.2, 0) is 11.3 Å². The third kappa shape index (κ3) is 3.54. The fourth-order valence-corrected chi connectivity index (χ4v) is 4.31. The van der Waals surface area contributed by atoms with Crippen LogP contribution in [0.15, 0.2) is 59.7 Å². The minimum Gasteiger partial charge on any atom is -0.352 e. The van der Waals surface area contributed by atoms with Gasteiger partial charge >= 0.3 is 0 Å². The van der Waals surface area contributed by atoms with Crippen molar-refractivity contribution in [2.24, 2.45) is 0 Å². The Hall–Kier alpha value is -3.68. The van der Waals surface area contributed by atoms with E-state index in [2.05, 4.69) is 10.4 Å². The van der Waals surface area contributed by atoms with Crippen molar-refractivity contribution >= 4 is 16.8 Å². The first-order valence-corrected chi connectivity index (χ1v) is 10.6. The molecule has 1 aliphatic rings. The van der Waals surface area contributed by atoms with Crippen LogP contribution in [0.1, 0.15) is 31.4 Å². The molecule has 5 rings (SSSR count). The predicted molar refractivity (Wildman–Crippen MR) is 118 cm³/mol. The molecule has 31 heavy (non-hydrogen) atoms. The van der Waals surface area contributed by atoms with Crippen LogP contribution in [0.2, 0.25) is 0 Å². The number of hydrogen-bond donors (Lipinski definition) is 1. The summed E-state index contributed by atoms with van der Waals surface area (Å²) in [5.74, 6) is 0.449. The van der Waals surface area contributed by atoms with Crippen LogP contribution in [0, 0.1) is 6.92 Å². The number of nitrogens with one attached hydrogen (secondary N) is 1. The summed E-state index contributed by atoms with van der Waals surface area (Å²) in [6, 6.07) is 13.7. The maximum absolute atomic E-state index is 13.5. The maximum atomic E-state index is 13.5. The molecular formula is C23H24N6O2. The number of rotatable bonds is 5. The molecule has 4 aromatic rings. The van der Waals surface area contributed by atoms with Gasteiger partial charge < -0.3 is 9.88 Å². The number of hydrogen-bond acceptors (Lipinski definition) is 4. The number of para-hydroxylation sites is 1. The fraction of sp³-hybridized carbons (Fsp3) is 0.304. The summed E-state index contributed by atoms with van der Waals surface area (Å²) in [5, 5.41) is 12.6. The molecule has 0 spiro atoms. The minimum absolute atomic E-state index is 0.103. The largest absolute Gasteiger partial charge is 0.352 e. The lowest BCUT2D eigenvalue weighted by Gasteiger charge is -2.13. The van der Waals surface area contributed by atoms with E-state index >= 15 is 0 Å². The molecule has 0 saturated heterocycles. The second-order valence-electron chi connectivity index (χ2n) is 7.98. The molecule has 1 N–H and O–H groups in total. The van der Waals surface area contributed by atoms with Gasteiger partial charge in [-0.1, -0.05) is 31.0 Å². The molecule has 0 unspecified atom stereocenters. The summed E-state index contributed by atoms with van der Waals surface area (Å²) in [7, 11) is 0. The van der Waals surface area contributed by atoms with Gasteiger partial charge in [0.25, 0.3) is 5.56 Å². The SMILES string of the molecule is Cc1nn(CC(=O)NC2CCCC2)c(=O)c2c(-n3cccc3)n(-c3ccccc3)nc12. The second kappa shape index (κ2) is 7.86. The first kappa shape index (κ1) is 19.3. The Morgan fingerprint density at radius 3 is 2.48 bits per heavy atom. The summed E-state index contributed by atoms with van der Waals surface area (Å²) in [5.41, 5.74) is 1.65. The first-order chi connectivity index (χ1) is 15.1. The van der Waals surface area contributed by atoms with Crippen LogP contribution in [-0.4, -0.2) is 36.1 Å². The van der Waals surface area contributed by atoms with Gasteiger partial charge in [-0.25, -0.2) is 9.36 Å². The van der Waals surface area contributed by atoms with E-state index in [-0.39, 0.29) is 24.1 Å². The quantitative estimate of drug-likeness (QED) is 0.542. The molecule has 0 atom stereocenters. The average Bonchev–Trinajstić information content (AvgIpc) is 3.52. The van der Waals surface area contributed by atoms with E-state index < -0.39 is 0 Å². The van der Waals surface area contributed by atoms with E-state index in [1.165, 1.54) is 4.68 Å². The van der Waals surface area contributed by atoms with Gasteiger partial charge in [0.15, 0.2) is 5.82 Å². The lowest BCUT2D eigenvalue weighted by Crippen LogP contribution is -2.38. The number of fused-ring (bicyclic) bond motifs is 1. The highest BCUT2D eigenvalue weighted by atomic mass is 16.2. The van der Waals surface area contributed by atoms with Crippen molar-refractivity contribution in [3.05, 3.63) is 70.9 Å². The lowest BCUT2D eigenvalue weighted by molar-refractivity contribution is -0.122. The third-order valence-corrected chi connectivity index (χ3v) is 5.79. The van der Waals surface area contributed by atoms with Crippen molar-refractivity contribution in [1.82, 2.24) is 29.4 Å². The standard InChI is InChI=1S/C23H24N6O2/c1-16-21-20(23(31)28(25-16)15-19(30)24-17-9-5-6-10-17)22(27-13-7-8-14-27)29(26-21)18-11-3-2-4-12-18/h2-4,7-8,11-14,17H,5-6,9-10,15H2,1H3,(H,24,30). The van der Waals surface area contributed by atoms with Gasteiger partial charge in [0.05, 0.1) is 11.4 Å². The van der Waals surface area contributed by atoms with Gasteiger partial charge in [-0.15, -0.1) is 0 Å². The van der Waals surface area contributed by atoms with E-state index in [0.717, 1.165) is 31.4 Å². The van der Waals surface area contributed by atoms with Gasteiger partial charge in [0.2, 0.25) is 5.91 Å². The first-order valence-electron chi connectivity index (χ1n) is 10.6. The Morgan fingerprint density at radius 2 is 1.77 bits per heavy atom. The van der Waals surface area contributed by atoms with Crippen molar-refractivity contribution in [2.75, 3.05) is 0 Å². The van der Waals surface area contributed by atoms with Crippen LogP contribution in [0.5, 0.6) is 0 Å². The van der Waals surface area contributed by atoms with Crippen molar-refractivity contribution in [3.8, 4) is 11.5 Å². The maximum Gasteiger partial charge on any atom is 0.280 e. The molecule has 0 bridgehead atoms. The van der Waals surface area contributed by atoms with Crippen LogP contribution in [0.4, 0.5) is 0 Å². The van der Waals surface area contributed by atoms with E-state index in [0.29, 0.717) is 22.4 Å². The topological polar surface area (TPSA) is 86.7 Å². The molecule has 1 saturated carbocycles. The van der Waals surface area contributed by atoms with E-state index in [1.807, 2.05) is 66.3 Å². The minimum atomic E-state index is -0.326. The Labute approximate surface area is 179 Å². The smallest absolute Gasteiger partial charge is 0.280 e. The highest BCUT2D eigenvalue weighted by Gasteiger charge is 2.23. The Kier molecular flexibility index (Phi) is 4.89. The van der Waals surface area contributed by atoms with Crippen LogP contribution in [0.3, 0.4) is 0 Å². The normalized spacial score (nSPS) is 14.4. The van der Waals surface area contributed by atoms with E-state index in [4.69, 9.17) is 5.10 Å². The van der Waals surface area contributed by atoms with Gasteiger partial charge in [0.1, 0.15) is 17.4 Å². The molecule has 1 aromatic carbocycles. The molecule has 3 heterocycles. The summed E-state index contributed by atoms with van der Waals surface area (Å²) in [6.45, 7) is 1.71. The van der Waals surface area contributed by atoms with Crippen LogP contribution in [0.25, 0.3) is 22.4 Å². The Balaban J connectivity index is 1.64. The number of nitrogens with zero attached hydrogens (tertiary/aromatic N) is 5. The molecule has 8 nitrogen and oxygen atoms in total. The molecule has 0 aliphatic heterocycles. The molecule has 8 heteroatoms. The third-order valence-electron chi connectivity index (χ3n) is 5.79. The number of aryl methyl sites for hydroxylation is 1. The molecule has 0 radical (unpaired) electrons. The molecule has 158 valence electrons. The van der Waals surface area contributed by atoms with Crippen LogP contribution < -0.4 is 10.9 Å². The Bertz CT molecular complexity index is 1280. The number of benzene rings is 1. The number of aromatic nitrogens is 5. The number of carbonyl (C=O) groups is 1. The summed E-state index contributed by atoms with van der Waals surface area (Å²) < 4.78 is 4.88. The molecule has 1 aliphatic carbocycles.